The summed E-state index contributed by atoms with van der Waals surface area (Å²) in [5.74, 6) is 0.399. The minimum Gasteiger partial charge on any atom is -0.376 e. The van der Waals surface area contributed by atoms with Gasteiger partial charge in [0.2, 0.25) is 5.91 Å². The van der Waals surface area contributed by atoms with Crippen LogP contribution in [0.25, 0.3) is 10.1 Å². The largest absolute Gasteiger partial charge is 0.376 e. The zero-order valence-electron chi connectivity index (χ0n) is 16.1. The lowest BCUT2D eigenvalue weighted by Crippen LogP contribution is -2.44. The lowest BCUT2D eigenvalue weighted by Gasteiger charge is -2.38. The molecule has 3 aliphatic heterocycles. The maximum absolute atomic E-state index is 13.0. The number of rotatable bonds is 3. The molecule has 148 valence electrons. The molecule has 3 saturated heterocycles. The highest BCUT2D eigenvalue weighted by atomic mass is 32.1. The predicted octanol–water partition coefficient (Wildman–Crippen LogP) is 3.54. The van der Waals surface area contributed by atoms with E-state index in [9.17, 15) is 9.59 Å². The van der Waals surface area contributed by atoms with Crippen molar-refractivity contribution in [2.45, 2.75) is 38.2 Å². The van der Waals surface area contributed by atoms with E-state index in [-0.39, 0.29) is 23.3 Å². The Morgan fingerprint density at radius 3 is 2.82 bits per heavy atom. The number of fused-ring (bicyclic) bond motifs is 1. The van der Waals surface area contributed by atoms with Crippen molar-refractivity contribution >= 4 is 33.2 Å². The molecule has 0 bridgehead atoms. The Morgan fingerprint density at radius 2 is 2.07 bits per heavy atom. The van der Waals surface area contributed by atoms with Crippen molar-refractivity contribution in [2.24, 2.45) is 5.41 Å². The van der Waals surface area contributed by atoms with Crippen molar-refractivity contribution < 1.29 is 14.3 Å². The van der Waals surface area contributed by atoms with Crippen molar-refractivity contribution in [3.05, 3.63) is 35.2 Å². The van der Waals surface area contributed by atoms with E-state index in [0.29, 0.717) is 6.42 Å². The number of thiophene rings is 1. The van der Waals surface area contributed by atoms with Gasteiger partial charge in [-0.2, -0.15) is 0 Å². The molecule has 4 heterocycles. The molecule has 3 aliphatic rings. The Bertz CT molecular complexity index is 861. The summed E-state index contributed by atoms with van der Waals surface area (Å²) >= 11 is 1.57. The number of hydrogen-bond donors (Lipinski definition) is 0. The second-order valence-electron chi connectivity index (χ2n) is 8.53. The number of likely N-dealkylation sites (tertiary alicyclic amines) is 2. The molecule has 0 saturated carbocycles. The molecule has 5 rings (SSSR count). The van der Waals surface area contributed by atoms with Crippen LogP contribution >= 0.6 is 11.3 Å². The molecule has 0 radical (unpaired) electrons. The average molecular weight is 399 g/mol. The summed E-state index contributed by atoms with van der Waals surface area (Å²) in [6.45, 7) is 3.89. The first-order valence-corrected chi connectivity index (χ1v) is 11.1. The SMILES string of the molecule is O=C1CC2(CCN(C(=O)c3cc4ccccc4s3)CC2)CN1C[C@@H]1CCCO1. The fraction of sp³-hybridized carbons (Fsp3) is 0.545. The molecule has 2 amide bonds. The maximum Gasteiger partial charge on any atom is 0.263 e. The minimum absolute atomic E-state index is 0.0482. The number of carbonyl (C=O) groups excluding carboxylic acids is 2. The molecule has 2 aromatic rings. The molecule has 0 N–H and O–H groups in total. The van der Waals surface area contributed by atoms with Gasteiger partial charge in [0.05, 0.1) is 11.0 Å². The van der Waals surface area contributed by atoms with Crippen LogP contribution in [0.15, 0.2) is 30.3 Å². The van der Waals surface area contributed by atoms with Crippen molar-refractivity contribution in [1.29, 1.82) is 0 Å². The quantitative estimate of drug-likeness (QED) is 0.795. The monoisotopic (exact) mass is 398 g/mol. The number of piperidine rings is 1. The van der Waals surface area contributed by atoms with E-state index in [1.165, 1.54) is 0 Å². The normalized spacial score (nSPS) is 24.6. The van der Waals surface area contributed by atoms with Crippen LogP contribution in [-0.4, -0.2) is 60.5 Å². The van der Waals surface area contributed by atoms with E-state index < -0.39 is 0 Å². The first-order valence-electron chi connectivity index (χ1n) is 10.3. The summed E-state index contributed by atoms with van der Waals surface area (Å²) in [6.07, 6.45) is 4.84. The number of ether oxygens (including phenoxy) is 1. The van der Waals surface area contributed by atoms with Crippen LogP contribution in [0.5, 0.6) is 0 Å². The van der Waals surface area contributed by atoms with Crippen LogP contribution in [0.3, 0.4) is 0 Å². The predicted molar refractivity (Wildman–Crippen MR) is 110 cm³/mol. The van der Waals surface area contributed by atoms with E-state index in [1.54, 1.807) is 11.3 Å². The molecule has 0 unspecified atom stereocenters. The first kappa shape index (κ1) is 18.1. The van der Waals surface area contributed by atoms with Crippen LogP contribution in [0.1, 0.15) is 41.8 Å². The smallest absolute Gasteiger partial charge is 0.263 e. The highest BCUT2D eigenvalue weighted by Crippen LogP contribution is 2.42. The van der Waals surface area contributed by atoms with Crippen molar-refractivity contribution in [3.63, 3.8) is 0 Å². The molecular weight excluding hydrogens is 372 g/mol. The lowest BCUT2D eigenvalue weighted by atomic mass is 9.77. The van der Waals surface area contributed by atoms with Crippen molar-refractivity contribution in [2.75, 3.05) is 32.8 Å². The van der Waals surface area contributed by atoms with Gasteiger partial charge in [-0.1, -0.05) is 18.2 Å². The Morgan fingerprint density at radius 1 is 1.25 bits per heavy atom. The standard InChI is InChI=1S/C22H26N2O3S/c25-20-13-22(15-24(20)14-17-5-3-11-27-17)7-9-23(10-8-22)21(26)19-12-16-4-1-2-6-18(16)28-19/h1-2,4,6,12,17H,3,5,7-11,13-15H2/t17-/m0/s1. The second kappa shape index (κ2) is 7.16. The second-order valence-corrected chi connectivity index (χ2v) is 9.61. The zero-order valence-corrected chi connectivity index (χ0v) is 16.9. The first-order chi connectivity index (χ1) is 13.6. The van der Waals surface area contributed by atoms with E-state index in [4.69, 9.17) is 4.74 Å². The molecule has 3 fully saturated rings. The zero-order chi connectivity index (χ0) is 19.1. The Hall–Kier alpha value is -1.92. The third-order valence-electron chi connectivity index (χ3n) is 6.60. The molecule has 1 spiro atoms. The molecule has 1 atom stereocenters. The van der Waals surface area contributed by atoms with E-state index >= 15 is 0 Å². The van der Waals surface area contributed by atoms with Crippen LogP contribution in [0, 0.1) is 5.41 Å². The van der Waals surface area contributed by atoms with Crippen LogP contribution in [0.2, 0.25) is 0 Å². The number of nitrogens with zero attached hydrogens (tertiary/aromatic N) is 2. The number of benzene rings is 1. The van der Waals surface area contributed by atoms with Crippen molar-refractivity contribution in [3.8, 4) is 0 Å². The molecule has 1 aromatic heterocycles. The summed E-state index contributed by atoms with van der Waals surface area (Å²) in [5, 5.41) is 1.13. The highest BCUT2D eigenvalue weighted by molar-refractivity contribution is 7.20. The summed E-state index contributed by atoms with van der Waals surface area (Å²) < 4.78 is 6.87. The molecule has 6 heteroatoms. The van der Waals surface area contributed by atoms with Gasteiger partial charge in [-0.3, -0.25) is 9.59 Å². The number of carbonyl (C=O) groups is 2. The van der Waals surface area contributed by atoms with Gasteiger partial charge in [0.25, 0.3) is 5.91 Å². The van der Waals surface area contributed by atoms with Crippen LogP contribution < -0.4 is 0 Å². The molecule has 5 nitrogen and oxygen atoms in total. The maximum atomic E-state index is 13.0. The van der Waals surface area contributed by atoms with Crippen LogP contribution in [-0.2, 0) is 9.53 Å². The summed E-state index contributed by atoms with van der Waals surface area (Å²) in [7, 11) is 0. The summed E-state index contributed by atoms with van der Waals surface area (Å²) in [4.78, 5) is 30.3. The number of amides is 2. The third kappa shape index (κ3) is 3.33. The van der Waals surface area contributed by atoms with E-state index in [2.05, 4.69) is 12.1 Å². The van der Waals surface area contributed by atoms with Gasteiger partial charge in [-0.25, -0.2) is 0 Å². The Kier molecular flexibility index (Phi) is 4.63. The van der Waals surface area contributed by atoms with E-state index in [0.717, 1.165) is 73.4 Å². The van der Waals surface area contributed by atoms with Gasteiger partial charge in [-0.15, -0.1) is 11.3 Å². The fourth-order valence-corrected chi connectivity index (χ4v) is 5.97. The molecule has 1 aromatic carbocycles. The Balaban J connectivity index is 1.22. The van der Waals surface area contributed by atoms with Gasteiger partial charge in [0, 0.05) is 49.3 Å². The van der Waals surface area contributed by atoms with Gasteiger partial charge >= 0.3 is 0 Å². The third-order valence-corrected chi connectivity index (χ3v) is 7.70. The van der Waals surface area contributed by atoms with Crippen LogP contribution in [0.4, 0.5) is 0 Å². The van der Waals surface area contributed by atoms with Gasteiger partial charge in [-0.05, 0) is 43.2 Å². The Labute approximate surface area is 169 Å². The lowest BCUT2D eigenvalue weighted by molar-refractivity contribution is -0.129. The van der Waals surface area contributed by atoms with Gasteiger partial charge < -0.3 is 14.5 Å². The van der Waals surface area contributed by atoms with E-state index in [1.807, 2.05) is 28.0 Å². The fourth-order valence-electron chi connectivity index (χ4n) is 4.94. The highest BCUT2D eigenvalue weighted by Gasteiger charge is 2.46. The average Bonchev–Trinajstić information content (AvgIpc) is 3.42. The topological polar surface area (TPSA) is 49.9 Å². The number of hydrogen-bond acceptors (Lipinski definition) is 4. The van der Waals surface area contributed by atoms with Gasteiger partial charge in [0.15, 0.2) is 0 Å². The minimum atomic E-state index is 0.0482. The summed E-state index contributed by atoms with van der Waals surface area (Å²) in [5.41, 5.74) is 0.0482. The van der Waals surface area contributed by atoms with Gasteiger partial charge in [0.1, 0.15) is 0 Å². The molecule has 28 heavy (non-hydrogen) atoms. The summed E-state index contributed by atoms with van der Waals surface area (Å²) in [6, 6.07) is 10.1. The molecular formula is C22H26N2O3S. The van der Waals surface area contributed by atoms with Crippen molar-refractivity contribution in [1.82, 2.24) is 9.80 Å². The molecule has 0 aliphatic carbocycles.